The SMILES string of the molecule is COc1ccccc1OCCNC(=O)Cc1ccc2ccccc2c1. The van der Waals surface area contributed by atoms with Crippen molar-refractivity contribution in [3.8, 4) is 11.5 Å². The molecular formula is C21H21NO3. The lowest BCUT2D eigenvalue weighted by molar-refractivity contribution is -0.120. The van der Waals surface area contributed by atoms with E-state index in [1.807, 2.05) is 48.5 Å². The van der Waals surface area contributed by atoms with Crippen molar-refractivity contribution in [1.82, 2.24) is 5.32 Å². The third-order valence-corrected chi connectivity index (χ3v) is 3.93. The fourth-order valence-electron chi connectivity index (χ4n) is 2.69. The van der Waals surface area contributed by atoms with Crippen molar-refractivity contribution < 1.29 is 14.3 Å². The molecule has 0 atom stereocenters. The Morgan fingerprint density at radius 1 is 0.920 bits per heavy atom. The Labute approximate surface area is 147 Å². The van der Waals surface area contributed by atoms with E-state index in [9.17, 15) is 4.79 Å². The van der Waals surface area contributed by atoms with Gasteiger partial charge in [0.05, 0.1) is 20.1 Å². The molecule has 3 aromatic rings. The Bertz CT molecular complexity index is 860. The van der Waals surface area contributed by atoms with Gasteiger partial charge in [0.15, 0.2) is 11.5 Å². The van der Waals surface area contributed by atoms with Crippen molar-refractivity contribution >= 4 is 16.7 Å². The lowest BCUT2D eigenvalue weighted by Crippen LogP contribution is -2.29. The number of hydrogen-bond donors (Lipinski definition) is 1. The van der Waals surface area contributed by atoms with Crippen molar-refractivity contribution in [2.24, 2.45) is 0 Å². The highest BCUT2D eigenvalue weighted by atomic mass is 16.5. The molecule has 128 valence electrons. The summed E-state index contributed by atoms with van der Waals surface area (Å²) in [6.45, 7) is 0.842. The molecule has 1 amide bonds. The fraction of sp³-hybridized carbons (Fsp3) is 0.190. The topological polar surface area (TPSA) is 47.6 Å². The molecule has 0 unspecified atom stereocenters. The Kier molecular flexibility index (Phi) is 5.52. The number of rotatable bonds is 7. The van der Waals surface area contributed by atoms with E-state index >= 15 is 0 Å². The number of nitrogens with one attached hydrogen (secondary N) is 1. The van der Waals surface area contributed by atoms with Crippen molar-refractivity contribution in [3.63, 3.8) is 0 Å². The Morgan fingerprint density at radius 3 is 2.44 bits per heavy atom. The van der Waals surface area contributed by atoms with Gasteiger partial charge in [-0.15, -0.1) is 0 Å². The lowest BCUT2D eigenvalue weighted by atomic mass is 10.1. The quantitative estimate of drug-likeness (QED) is 0.671. The molecule has 0 bridgehead atoms. The van der Waals surface area contributed by atoms with Crippen molar-refractivity contribution in [2.45, 2.75) is 6.42 Å². The van der Waals surface area contributed by atoms with E-state index in [0.717, 1.165) is 10.9 Å². The number of carbonyl (C=O) groups excluding carboxylic acids is 1. The molecule has 0 radical (unpaired) electrons. The van der Waals surface area contributed by atoms with Crippen LogP contribution < -0.4 is 14.8 Å². The number of ether oxygens (including phenoxy) is 2. The summed E-state index contributed by atoms with van der Waals surface area (Å²) >= 11 is 0. The van der Waals surface area contributed by atoms with Crippen LogP contribution in [0.15, 0.2) is 66.7 Å². The molecule has 0 heterocycles. The number of amides is 1. The molecule has 0 saturated heterocycles. The number of para-hydroxylation sites is 2. The summed E-state index contributed by atoms with van der Waals surface area (Å²) in [7, 11) is 1.60. The highest BCUT2D eigenvalue weighted by Gasteiger charge is 2.05. The maximum Gasteiger partial charge on any atom is 0.224 e. The zero-order valence-corrected chi connectivity index (χ0v) is 14.2. The van der Waals surface area contributed by atoms with Crippen molar-refractivity contribution in [2.75, 3.05) is 20.3 Å². The van der Waals surface area contributed by atoms with Crippen LogP contribution in [-0.4, -0.2) is 26.2 Å². The second-order valence-corrected chi connectivity index (χ2v) is 5.71. The van der Waals surface area contributed by atoms with Crippen LogP contribution in [-0.2, 0) is 11.2 Å². The van der Waals surface area contributed by atoms with Gasteiger partial charge in [-0.3, -0.25) is 4.79 Å². The van der Waals surface area contributed by atoms with Gasteiger partial charge in [-0.05, 0) is 28.5 Å². The van der Waals surface area contributed by atoms with Crippen LogP contribution in [0.5, 0.6) is 11.5 Å². The van der Waals surface area contributed by atoms with Gasteiger partial charge in [-0.2, -0.15) is 0 Å². The van der Waals surface area contributed by atoms with Gasteiger partial charge in [-0.25, -0.2) is 0 Å². The molecule has 0 aliphatic heterocycles. The third kappa shape index (κ3) is 4.51. The highest BCUT2D eigenvalue weighted by Crippen LogP contribution is 2.25. The average Bonchev–Trinajstić information content (AvgIpc) is 2.65. The summed E-state index contributed by atoms with van der Waals surface area (Å²) in [6.07, 6.45) is 0.361. The zero-order chi connectivity index (χ0) is 17.5. The minimum absolute atomic E-state index is 0.0149. The Hall–Kier alpha value is -3.01. The van der Waals surface area contributed by atoms with Gasteiger partial charge >= 0.3 is 0 Å². The summed E-state index contributed by atoms with van der Waals surface area (Å²) in [6, 6.07) is 21.7. The molecular weight excluding hydrogens is 314 g/mol. The van der Waals surface area contributed by atoms with E-state index in [1.54, 1.807) is 7.11 Å². The molecule has 4 nitrogen and oxygen atoms in total. The van der Waals surface area contributed by atoms with Gasteiger partial charge in [-0.1, -0.05) is 54.6 Å². The predicted molar refractivity (Wildman–Crippen MR) is 99.2 cm³/mol. The number of methoxy groups -OCH3 is 1. The molecule has 0 aliphatic rings. The maximum atomic E-state index is 12.1. The molecule has 1 N–H and O–H groups in total. The van der Waals surface area contributed by atoms with Gasteiger partial charge in [0.1, 0.15) is 6.61 Å². The summed E-state index contributed by atoms with van der Waals surface area (Å²) in [5, 5.41) is 5.21. The van der Waals surface area contributed by atoms with E-state index in [4.69, 9.17) is 9.47 Å². The molecule has 3 rings (SSSR count). The number of carbonyl (C=O) groups is 1. The number of benzene rings is 3. The molecule has 0 aromatic heterocycles. The van der Waals surface area contributed by atoms with Gasteiger partial charge in [0.25, 0.3) is 0 Å². The van der Waals surface area contributed by atoms with Crippen LogP contribution in [0.4, 0.5) is 0 Å². The molecule has 0 fully saturated rings. The zero-order valence-electron chi connectivity index (χ0n) is 14.2. The number of hydrogen-bond acceptors (Lipinski definition) is 3. The first-order valence-electron chi connectivity index (χ1n) is 8.26. The largest absolute Gasteiger partial charge is 0.493 e. The average molecular weight is 335 g/mol. The van der Waals surface area contributed by atoms with Crippen LogP contribution in [0.2, 0.25) is 0 Å². The van der Waals surface area contributed by atoms with Crippen LogP contribution in [0.25, 0.3) is 10.8 Å². The van der Waals surface area contributed by atoms with Crippen molar-refractivity contribution in [3.05, 3.63) is 72.3 Å². The second-order valence-electron chi connectivity index (χ2n) is 5.71. The number of fused-ring (bicyclic) bond motifs is 1. The first-order valence-corrected chi connectivity index (χ1v) is 8.26. The van der Waals surface area contributed by atoms with Crippen LogP contribution in [0.3, 0.4) is 0 Å². The minimum Gasteiger partial charge on any atom is -0.493 e. The van der Waals surface area contributed by atoms with Gasteiger partial charge < -0.3 is 14.8 Å². The standard InChI is InChI=1S/C21H21NO3/c1-24-19-8-4-5-9-20(19)25-13-12-22-21(23)15-16-10-11-17-6-2-3-7-18(17)14-16/h2-11,14H,12-13,15H2,1H3,(H,22,23). The Balaban J connectivity index is 1.47. The molecule has 0 saturated carbocycles. The van der Waals surface area contributed by atoms with Gasteiger partial charge in [0, 0.05) is 0 Å². The molecule has 0 spiro atoms. The Morgan fingerprint density at radius 2 is 1.64 bits per heavy atom. The van der Waals surface area contributed by atoms with E-state index in [0.29, 0.717) is 31.1 Å². The molecule has 4 heteroatoms. The van der Waals surface area contributed by atoms with Gasteiger partial charge in [0.2, 0.25) is 5.91 Å². The van der Waals surface area contributed by atoms with Crippen LogP contribution in [0, 0.1) is 0 Å². The van der Waals surface area contributed by atoms with Crippen LogP contribution >= 0.6 is 0 Å². The molecule has 25 heavy (non-hydrogen) atoms. The summed E-state index contributed by atoms with van der Waals surface area (Å²) < 4.78 is 10.9. The van der Waals surface area contributed by atoms with E-state index in [2.05, 4.69) is 23.5 Å². The van der Waals surface area contributed by atoms with Crippen LogP contribution in [0.1, 0.15) is 5.56 Å². The van der Waals surface area contributed by atoms with E-state index in [-0.39, 0.29) is 5.91 Å². The van der Waals surface area contributed by atoms with Crippen molar-refractivity contribution in [1.29, 1.82) is 0 Å². The summed E-state index contributed by atoms with van der Waals surface area (Å²) in [4.78, 5) is 12.1. The summed E-state index contributed by atoms with van der Waals surface area (Å²) in [5.41, 5.74) is 1.00. The minimum atomic E-state index is -0.0149. The lowest BCUT2D eigenvalue weighted by Gasteiger charge is -2.11. The molecule has 0 aliphatic carbocycles. The maximum absolute atomic E-state index is 12.1. The van der Waals surface area contributed by atoms with E-state index in [1.165, 1.54) is 5.39 Å². The highest BCUT2D eigenvalue weighted by molar-refractivity contribution is 5.85. The molecule has 3 aromatic carbocycles. The predicted octanol–water partition coefficient (Wildman–Crippen LogP) is 3.59. The second kappa shape index (κ2) is 8.20. The smallest absolute Gasteiger partial charge is 0.224 e. The normalized spacial score (nSPS) is 10.4. The monoisotopic (exact) mass is 335 g/mol. The summed E-state index contributed by atoms with van der Waals surface area (Å²) in [5.74, 6) is 1.35. The first kappa shape index (κ1) is 16.8. The first-order chi connectivity index (χ1) is 12.3. The van der Waals surface area contributed by atoms with E-state index < -0.39 is 0 Å². The third-order valence-electron chi connectivity index (χ3n) is 3.93. The fourth-order valence-corrected chi connectivity index (χ4v) is 2.69.